The van der Waals surface area contributed by atoms with Crippen molar-refractivity contribution in [2.45, 2.75) is 70.3 Å². The number of fused-ring (bicyclic) bond motifs is 1. The van der Waals surface area contributed by atoms with Crippen molar-refractivity contribution < 1.29 is 27.1 Å². The number of ether oxygens (including phenoxy) is 1. The van der Waals surface area contributed by atoms with Crippen molar-refractivity contribution in [2.75, 3.05) is 5.32 Å². The highest BCUT2D eigenvalue weighted by atomic mass is 19.4. The van der Waals surface area contributed by atoms with Crippen LogP contribution in [0.1, 0.15) is 52.0 Å². The molecule has 13 heteroatoms. The first-order valence-electron chi connectivity index (χ1n) is 11.1. The van der Waals surface area contributed by atoms with E-state index in [9.17, 15) is 22.4 Å². The monoisotopic (exact) mass is 495 g/mol. The number of pyridine rings is 1. The van der Waals surface area contributed by atoms with Gasteiger partial charge in [-0.15, -0.1) is 0 Å². The normalized spacial score (nSPS) is 18.9. The lowest BCUT2D eigenvalue weighted by Crippen LogP contribution is -2.44. The highest BCUT2D eigenvalue weighted by Crippen LogP contribution is 2.31. The minimum atomic E-state index is -4.59. The second-order valence-electron chi connectivity index (χ2n) is 9.40. The molecule has 2 atom stereocenters. The number of nitrogens with one attached hydrogen (secondary N) is 2. The van der Waals surface area contributed by atoms with E-state index in [0.717, 1.165) is 42.4 Å². The molecule has 1 amide bonds. The van der Waals surface area contributed by atoms with Crippen molar-refractivity contribution in [3.63, 3.8) is 0 Å². The van der Waals surface area contributed by atoms with Crippen molar-refractivity contribution in [3.8, 4) is 5.95 Å². The van der Waals surface area contributed by atoms with Crippen LogP contribution in [0.4, 0.5) is 28.2 Å². The van der Waals surface area contributed by atoms with E-state index in [1.54, 1.807) is 20.8 Å². The summed E-state index contributed by atoms with van der Waals surface area (Å²) in [7, 11) is 0. The number of halogens is 4. The van der Waals surface area contributed by atoms with Gasteiger partial charge >= 0.3 is 12.3 Å². The second kappa shape index (κ2) is 9.27. The number of aromatic nitrogens is 5. The molecule has 0 bridgehead atoms. The summed E-state index contributed by atoms with van der Waals surface area (Å²) in [5.41, 5.74) is -1.32. The maximum absolute atomic E-state index is 14.5. The molecule has 1 aliphatic carbocycles. The summed E-state index contributed by atoms with van der Waals surface area (Å²) in [5.74, 6) is -0.938. The van der Waals surface area contributed by atoms with Gasteiger partial charge in [0, 0.05) is 18.3 Å². The largest absolute Gasteiger partial charge is 0.444 e. The number of amides is 1. The SMILES string of the molecule is CC(C)(C)OC(=O)N[C@@H]1CCC[C@H](Nc2nc(-n3ncc4ncc(C(F)(F)F)cc43)ncc2F)C1. The summed E-state index contributed by atoms with van der Waals surface area (Å²) < 4.78 is 60.3. The van der Waals surface area contributed by atoms with Crippen LogP contribution in [-0.2, 0) is 10.9 Å². The molecule has 2 N–H and O–H groups in total. The van der Waals surface area contributed by atoms with Crippen LogP contribution in [0.5, 0.6) is 0 Å². The van der Waals surface area contributed by atoms with Gasteiger partial charge in [0.05, 0.1) is 23.5 Å². The lowest BCUT2D eigenvalue weighted by Gasteiger charge is -2.31. The number of nitrogens with zero attached hydrogens (tertiary/aromatic N) is 5. The van der Waals surface area contributed by atoms with E-state index in [-0.39, 0.29) is 34.9 Å². The molecule has 0 radical (unpaired) electrons. The Morgan fingerprint density at radius 2 is 1.86 bits per heavy atom. The molecule has 1 fully saturated rings. The van der Waals surface area contributed by atoms with Crippen LogP contribution in [0.3, 0.4) is 0 Å². The van der Waals surface area contributed by atoms with Gasteiger partial charge < -0.3 is 15.4 Å². The summed E-state index contributed by atoms with van der Waals surface area (Å²) in [6.07, 6.45) is 0.597. The number of hydrogen-bond acceptors (Lipinski definition) is 7. The topological polar surface area (TPSA) is 107 Å². The summed E-state index contributed by atoms with van der Waals surface area (Å²) in [5, 5.41) is 9.90. The van der Waals surface area contributed by atoms with Crippen LogP contribution >= 0.6 is 0 Å². The van der Waals surface area contributed by atoms with E-state index >= 15 is 0 Å². The van der Waals surface area contributed by atoms with Crippen molar-refractivity contribution in [1.82, 2.24) is 30.0 Å². The lowest BCUT2D eigenvalue weighted by atomic mass is 9.91. The zero-order valence-electron chi connectivity index (χ0n) is 19.4. The average Bonchev–Trinajstić information content (AvgIpc) is 3.17. The number of carbonyl (C=O) groups excluding carboxylic acids is 1. The number of alkyl carbamates (subject to hydrolysis) is 1. The summed E-state index contributed by atoms with van der Waals surface area (Å²) in [6, 6.07) is 0.527. The Morgan fingerprint density at radius 1 is 1.11 bits per heavy atom. The lowest BCUT2D eigenvalue weighted by molar-refractivity contribution is -0.137. The van der Waals surface area contributed by atoms with Gasteiger partial charge in [0.2, 0.25) is 0 Å². The maximum atomic E-state index is 14.5. The third-order valence-corrected chi connectivity index (χ3v) is 5.41. The van der Waals surface area contributed by atoms with Gasteiger partial charge in [-0.3, -0.25) is 4.98 Å². The molecule has 0 unspecified atom stereocenters. The zero-order valence-corrected chi connectivity index (χ0v) is 19.4. The third-order valence-electron chi connectivity index (χ3n) is 5.41. The maximum Gasteiger partial charge on any atom is 0.417 e. The fourth-order valence-electron chi connectivity index (χ4n) is 3.90. The molecule has 0 saturated heterocycles. The third kappa shape index (κ3) is 5.95. The van der Waals surface area contributed by atoms with E-state index in [1.165, 1.54) is 6.20 Å². The molecular weight excluding hydrogens is 470 g/mol. The molecule has 0 aliphatic heterocycles. The van der Waals surface area contributed by atoms with Crippen LogP contribution in [0.2, 0.25) is 0 Å². The van der Waals surface area contributed by atoms with Crippen LogP contribution in [0.15, 0.2) is 24.7 Å². The van der Waals surface area contributed by atoms with Gasteiger partial charge in [-0.2, -0.15) is 27.9 Å². The quantitative estimate of drug-likeness (QED) is 0.509. The molecule has 3 heterocycles. The van der Waals surface area contributed by atoms with Crippen molar-refractivity contribution in [1.29, 1.82) is 0 Å². The molecule has 0 spiro atoms. The fraction of sp³-hybridized carbons (Fsp3) is 0.500. The van der Waals surface area contributed by atoms with E-state index in [1.807, 2.05) is 0 Å². The Labute approximate surface area is 198 Å². The standard InChI is InChI=1S/C22H25F4N7O2/c1-21(2,3)35-20(34)31-14-6-4-5-13(8-14)30-18-15(23)10-28-19(32-18)33-17-7-12(22(24,25)26)9-27-16(17)11-29-33/h7,9-11,13-14H,4-6,8H2,1-3H3,(H,31,34)(H,28,30,32)/t13-,14+/m0/s1. The second-order valence-corrected chi connectivity index (χ2v) is 9.40. The minimum absolute atomic E-state index is 0.0386. The number of carbonyl (C=O) groups is 1. The highest BCUT2D eigenvalue weighted by molar-refractivity contribution is 5.76. The van der Waals surface area contributed by atoms with Gasteiger partial charge in [0.15, 0.2) is 11.6 Å². The Morgan fingerprint density at radius 3 is 2.57 bits per heavy atom. The predicted octanol–water partition coefficient (Wildman–Crippen LogP) is 4.62. The van der Waals surface area contributed by atoms with Gasteiger partial charge in [0.25, 0.3) is 5.95 Å². The molecule has 3 aromatic heterocycles. The average molecular weight is 495 g/mol. The Hall–Kier alpha value is -3.51. The minimum Gasteiger partial charge on any atom is -0.444 e. The Balaban J connectivity index is 1.52. The van der Waals surface area contributed by atoms with Crippen LogP contribution in [0.25, 0.3) is 17.0 Å². The summed E-state index contributed by atoms with van der Waals surface area (Å²) >= 11 is 0. The first-order chi connectivity index (χ1) is 16.4. The van der Waals surface area contributed by atoms with E-state index in [0.29, 0.717) is 6.42 Å². The van der Waals surface area contributed by atoms with E-state index < -0.39 is 29.3 Å². The van der Waals surface area contributed by atoms with Gasteiger partial charge in [-0.1, -0.05) is 0 Å². The van der Waals surface area contributed by atoms with Gasteiger partial charge in [-0.25, -0.2) is 14.2 Å². The Bertz CT molecular complexity index is 1220. The molecule has 1 aliphatic rings. The molecule has 0 aromatic carbocycles. The Kier molecular flexibility index (Phi) is 6.52. The van der Waals surface area contributed by atoms with Gasteiger partial charge in [-0.05, 0) is 52.5 Å². The van der Waals surface area contributed by atoms with Crippen LogP contribution in [0, 0.1) is 5.82 Å². The van der Waals surface area contributed by atoms with E-state index in [2.05, 4.69) is 30.7 Å². The molecule has 4 rings (SSSR count). The summed E-state index contributed by atoms with van der Waals surface area (Å²) in [6.45, 7) is 5.32. The first kappa shape index (κ1) is 24.6. The summed E-state index contributed by atoms with van der Waals surface area (Å²) in [4.78, 5) is 23.9. The van der Waals surface area contributed by atoms with Crippen LogP contribution in [-0.4, -0.2) is 48.5 Å². The number of alkyl halides is 3. The molecule has 35 heavy (non-hydrogen) atoms. The van der Waals surface area contributed by atoms with Crippen molar-refractivity contribution in [3.05, 3.63) is 36.0 Å². The number of anilines is 1. The zero-order chi connectivity index (χ0) is 25.4. The number of rotatable bonds is 4. The predicted molar refractivity (Wildman–Crippen MR) is 118 cm³/mol. The smallest absolute Gasteiger partial charge is 0.417 e. The molecule has 3 aromatic rings. The fourth-order valence-corrected chi connectivity index (χ4v) is 3.90. The highest BCUT2D eigenvalue weighted by Gasteiger charge is 2.32. The molecular formula is C22H25F4N7O2. The van der Waals surface area contributed by atoms with Gasteiger partial charge in [0.1, 0.15) is 11.1 Å². The number of hydrogen-bond donors (Lipinski definition) is 2. The van der Waals surface area contributed by atoms with E-state index in [4.69, 9.17) is 4.74 Å². The molecule has 188 valence electrons. The van der Waals surface area contributed by atoms with Crippen molar-refractivity contribution >= 4 is 22.9 Å². The molecule has 9 nitrogen and oxygen atoms in total. The van der Waals surface area contributed by atoms with Crippen LogP contribution < -0.4 is 10.6 Å². The molecule has 1 saturated carbocycles. The first-order valence-corrected chi connectivity index (χ1v) is 11.1. The van der Waals surface area contributed by atoms with Crippen molar-refractivity contribution in [2.24, 2.45) is 0 Å².